The molecule has 0 unspecified atom stereocenters. The molecule has 1 aromatic carbocycles. The number of amides is 2. The minimum atomic E-state index is -0.123. The minimum absolute atomic E-state index is 0.0771. The topological polar surface area (TPSA) is 75.4 Å². The summed E-state index contributed by atoms with van der Waals surface area (Å²) >= 11 is 0. The molecular weight excluding hydrogens is 230 g/mol. The van der Waals surface area contributed by atoms with Gasteiger partial charge in [0.05, 0.1) is 6.54 Å². The third kappa shape index (κ3) is 2.87. The first-order valence-electron chi connectivity index (χ1n) is 6.07. The molecule has 0 bridgehead atoms. The first-order chi connectivity index (χ1) is 8.70. The first-order valence-corrected chi connectivity index (χ1v) is 6.07. The number of nitrogens with one attached hydrogen (secondary N) is 1. The Morgan fingerprint density at radius 3 is 2.61 bits per heavy atom. The summed E-state index contributed by atoms with van der Waals surface area (Å²) in [6, 6.07) is 7.71. The molecule has 2 amide bonds. The number of carbonyl (C=O) groups is 2. The molecule has 1 aliphatic rings. The molecule has 0 saturated carbocycles. The SMILES string of the molecule is NCCCc1ccc(N2CC(=O)NCC2=O)cc1. The highest BCUT2D eigenvalue weighted by molar-refractivity contribution is 6.04. The summed E-state index contributed by atoms with van der Waals surface area (Å²) in [6.45, 7) is 0.848. The van der Waals surface area contributed by atoms with Crippen LogP contribution < -0.4 is 16.0 Å². The second-order valence-electron chi connectivity index (χ2n) is 4.32. The highest BCUT2D eigenvalue weighted by Crippen LogP contribution is 2.17. The van der Waals surface area contributed by atoms with Gasteiger partial charge in [0.1, 0.15) is 6.54 Å². The Balaban J connectivity index is 2.08. The molecule has 2 rings (SSSR count). The summed E-state index contributed by atoms with van der Waals surface area (Å²) in [7, 11) is 0. The average Bonchev–Trinajstić information content (AvgIpc) is 2.40. The van der Waals surface area contributed by atoms with E-state index >= 15 is 0 Å². The monoisotopic (exact) mass is 247 g/mol. The second-order valence-corrected chi connectivity index (χ2v) is 4.32. The number of benzene rings is 1. The van der Waals surface area contributed by atoms with E-state index in [1.807, 2.05) is 24.3 Å². The van der Waals surface area contributed by atoms with Crippen molar-refractivity contribution in [3.05, 3.63) is 29.8 Å². The smallest absolute Gasteiger partial charge is 0.246 e. The average molecular weight is 247 g/mol. The van der Waals surface area contributed by atoms with Gasteiger partial charge in [0.2, 0.25) is 11.8 Å². The predicted molar refractivity (Wildman–Crippen MR) is 69.2 cm³/mol. The maximum Gasteiger partial charge on any atom is 0.246 e. The summed E-state index contributed by atoms with van der Waals surface area (Å²) in [5, 5.41) is 2.53. The molecule has 0 radical (unpaired) electrons. The third-order valence-electron chi connectivity index (χ3n) is 2.96. The maximum absolute atomic E-state index is 11.7. The van der Waals surface area contributed by atoms with Gasteiger partial charge in [-0.2, -0.15) is 0 Å². The van der Waals surface area contributed by atoms with E-state index in [0.29, 0.717) is 6.54 Å². The Kier molecular flexibility index (Phi) is 3.94. The lowest BCUT2D eigenvalue weighted by Gasteiger charge is -2.26. The molecule has 5 nitrogen and oxygen atoms in total. The molecule has 1 fully saturated rings. The van der Waals surface area contributed by atoms with Crippen molar-refractivity contribution >= 4 is 17.5 Å². The van der Waals surface area contributed by atoms with Crippen molar-refractivity contribution < 1.29 is 9.59 Å². The van der Waals surface area contributed by atoms with Gasteiger partial charge in [-0.1, -0.05) is 12.1 Å². The minimum Gasteiger partial charge on any atom is -0.345 e. The van der Waals surface area contributed by atoms with Crippen LogP contribution in [0.3, 0.4) is 0 Å². The molecule has 0 atom stereocenters. The molecule has 5 heteroatoms. The lowest BCUT2D eigenvalue weighted by Crippen LogP contribution is -2.51. The quantitative estimate of drug-likeness (QED) is 0.789. The largest absolute Gasteiger partial charge is 0.345 e. The summed E-state index contributed by atoms with van der Waals surface area (Å²) in [5.74, 6) is -0.203. The zero-order valence-electron chi connectivity index (χ0n) is 10.2. The number of hydrogen-bond acceptors (Lipinski definition) is 3. The molecule has 96 valence electrons. The predicted octanol–water partition coefficient (Wildman–Crippen LogP) is 0.0407. The van der Waals surface area contributed by atoms with Crippen molar-refractivity contribution in [2.24, 2.45) is 5.73 Å². The van der Waals surface area contributed by atoms with E-state index in [9.17, 15) is 9.59 Å². The van der Waals surface area contributed by atoms with Crippen molar-refractivity contribution in [2.45, 2.75) is 12.8 Å². The van der Waals surface area contributed by atoms with Gasteiger partial charge < -0.3 is 16.0 Å². The number of aryl methyl sites for hydroxylation is 1. The Hall–Kier alpha value is -1.88. The lowest BCUT2D eigenvalue weighted by atomic mass is 10.1. The number of rotatable bonds is 4. The fraction of sp³-hybridized carbons (Fsp3) is 0.385. The number of nitrogens with zero attached hydrogens (tertiary/aromatic N) is 1. The van der Waals surface area contributed by atoms with E-state index in [1.165, 1.54) is 10.5 Å². The van der Waals surface area contributed by atoms with Gasteiger partial charge in [0, 0.05) is 5.69 Å². The van der Waals surface area contributed by atoms with Crippen LogP contribution in [0.5, 0.6) is 0 Å². The molecule has 1 aromatic rings. The van der Waals surface area contributed by atoms with Crippen LogP contribution in [0.25, 0.3) is 0 Å². The summed E-state index contributed by atoms with van der Waals surface area (Å²) < 4.78 is 0. The number of carbonyl (C=O) groups excluding carboxylic acids is 2. The zero-order chi connectivity index (χ0) is 13.0. The summed E-state index contributed by atoms with van der Waals surface area (Å²) in [5.41, 5.74) is 7.42. The molecule has 0 aromatic heterocycles. The van der Waals surface area contributed by atoms with Gasteiger partial charge in [0.25, 0.3) is 0 Å². The number of anilines is 1. The number of nitrogens with two attached hydrogens (primary N) is 1. The van der Waals surface area contributed by atoms with Crippen molar-refractivity contribution in [3.63, 3.8) is 0 Å². The first kappa shape index (κ1) is 12.6. The van der Waals surface area contributed by atoms with Crippen LogP contribution in [0.4, 0.5) is 5.69 Å². The molecule has 1 heterocycles. The molecule has 1 aliphatic heterocycles. The Labute approximate surface area is 106 Å². The molecule has 3 N–H and O–H groups in total. The Morgan fingerprint density at radius 2 is 1.94 bits per heavy atom. The standard InChI is InChI=1S/C13H17N3O2/c14-7-1-2-10-3-5-11(6-4-10)16-9-12(17)15-8-13(16)18/h3-6H,1-2,7-9,14H2,(H,15,17). The molecule has 18 heavy (non-hydrogen) atoms. The normalized spacial score (nSPS) is 15.7. The van der Waals surface area contributed by atoms with Crippen molar-refractivity contribution in [1.29, 1.82) is 0 Å². The fourth-order valence-corrected chi connectivity index (χ4v) is 1.94. The van der Waals surface area contributed by atoms with Crippen LogP contribution in [0.1, 0.15) is 12.0 Å². The molecule has 0 aliphatic carbocycles. The lowest BCUT2D eigenvalue weighted by molar-refractivity contribution is -0.128. The molecule has 0 spiro atoms. The van der Waals surface area contributed by atoms with Crippen LogP contribution in [0.15, 0.2) is 24.3 Å². The van der Waals surface area contributed by atoms with Crippen molar-refractivity contribution in [2.75, 3.05) is 24.5 Å². The summed E-state index contributed by atoms with van der Waals surface area (Å²) in [4.78, 5) is 24.5. The van der Waals surface area contributed by atoms with E-state index in [2.05, 4.69) is 5.32 Å². The Morgan fingerprint density at radius 1 is 1.22 bits per heavy atom. The van der Waals surface area contributed by atoms with Crippen molar-refractivity contribution in [1.82, 2.24) is 5.32 Å². The van der Waals surface area contributed by atoms with E-state index < -0.39 is 0 Å². The highest BCUT2D eigenvalue weighted by atomic mass is 16.2. The van der Waals surface area contributed by atoms with E-state index in [-0.39, 0.29) is 24.9 Å². The van der Waals surface area contributed by atoms with Gasteiger partial charge >= 0.3 is 0 Å². The molecule has 1 saturated heterocycles. The number of piperazine rings is 1. The van der Waals surface area contributed by atoms with E-state index in [1.54, 1.807) is 0 Å². The van der Waals surface area contributed by atoms with E-state index in [4.69, 9.17) is 5.73 Å². The second kappa shape index (κ2) is 5.64. The van der Waals surface area contributed by atoms with Crippen LogP contribution in [-0.2, 0) is 16.0 Å². The Bertz CT molecular complexity index is 442. The van der Waals surface area contributed by atoms with E-state index in [0.717, 1.165) is 18.5 Å². The van der Waals surface area contributed by atoms with Crippen LogP contribution >= 0.6 is 0 Å². The van der Waals surface area contributed by atoms with Crippen LogP contribution in [0, 0.1) is 0 Å². The maximum atomic E-state index is 11.7. The van der Waals surface area contributed by atoms with Crippen LogP contribution in [-0.4, -0.2) is 31.4 Å². The van der Waals surface area contributed by atoms with Crippen molar-refractivity contribution in [3.8, 4) is 0 Å². The number of hydrogen-bond donors (Lipinski definition) is 2. The van der Waals surface area contributed by atoms with Gasteiger partial charge in [-0.05, 0) is 37.1 Å². The van der Waals surface area contributed by atoms with Gasteiger partial charge in [0.15, 0.2) is 0 Å². The van der Waals surface area contributed by atoms with Gasteiger partial charge in [-0.15, -0.1) is 0 Å². The zero-order valence-corrected chi connectivity index (χ0v) is 10.2. The van der Waals surface area contributed by atoms with Gasteiger partial charge in [-0.25, -0.2) is 0 Å². The third-order valence-corrected chi connectivity index (χ3v) is 2.96. The van der Waals surface area contributed by atoms with Crippen LogP contribution in [0.2, 0.25) is 0 Å². The van der Waals surface area contributed by atoms with Gasteiger partial charge in [-0.3, -0.25) is 9.59 Å². The summed E-state index contributed by atoms with van der Waals surface area (Å²) in [6.07, 6.45) is 1.88. The fourth-order valence-electron chi connectivity index (χ4n) is 1.94. The highest BCUT2D eigenvalue weighted by Gasteiger charge is 2.23. The molecular formula is C13H17N3O2.